The topological polar surface area (TPSA) is 29.5 Å². The first kappa shape index (κ1) is 11.4. The van der Waals surface area contributed by atoms with Crippen LogP contribution in [0.4, 0.5) is 0 Å². The van der Waals surface area contributed by atoms with Crippen LogP contribution in [-0.4, -0.2) is 38.6 Å². The summed E-state index contributed by atoms with van der Waals surface area (Å²) in [5.74, 6) is -0.0550. The van der Waals surface area contributed by atoms with E-state index >= 15 is 0 Å². The third-order valence-corrected chi connectivity index (χ3v) is 1.76. The highest BCUT2D eigenvalue weighted by atomic mass is 16.5. The smallest absolute Gasteiger partial charge is 0.309 e. The molecule has 0 radical (unpaired) electrons. The van der Waals surface area contributed by atoms with Gasteiger partial charge in [0.15, 0.2) is 0 Å². The van der Waals surface area contributed by atoms with Gasteiger partial charge >= 0.3 is 5.97 Å². The molecule has 0 N–H and O–H groups in total. The quantitative estimate of drug-likeness (QED) is 0.584. The average molecular weight is 173 g/mol. The second-order valence-electron chi connectivity index (χ2n) is 3.27. The molecule has 12 heavy (non-hydrogen) atoms. The van der Waals surface area contributed by atoms with Crippen LogP contribution < -0.4 is 0 Å². The van der Waals surface area contributed by atoms with Crippen molar-refractivity contribution in [1.29, 1.82) is 0 Å². The first-order valence-electron chi connectivity index (χ1n) is 4.34. The summed E-state index contributed by atoms with van der Waals surface area (Å²) in [4.78, 5) is 13.2. The lowest BCUT2D eigenvalue weighted by molar-refractivity contribution is -0.146. The van der Waals surface area contributed by atoms with E-state index in [1.54, 1.807) is 0 Å². The number of carbonyl (C=O) groups excluding carboxylic acids is 1. The molecular weight excluding hydrogens is 154 g/mol. The summed E-state index contributed by atoms with van der Waals surface area (Å²) in [6.45, 7) is 2.85. The van der Waals surface area contributed by atoms with Gasteiger partial charge in [0.05, 0.1) is 13.0 Å². The highest BCUT2D eigenvalue weighted by Crippen LogP contribution is 2.08. The van der Waals surface area contributed by atoms with Gasteiger partial charge in [-0.2, -0.15) is 0 Å². The predicted octanol–water partition coefficient (Wildman–Crippen LogP) is 1.14. The van der Waals surface area contributed by atoms with Crippen molar-refractivity contribution in [2.45, 2.75) is 19.8 Å². The second-order valence-corrected chi connectivity index (χ2v) is 3.27. The molecule has 0 aromatic heterocycles. The number of esters is 1. The zero-order valence-corrected chi connectivity index (χ0v) is 8.46. The number of hydrogen-bond acceptors (Lipinski definition) is 3. The number of carbonyl (C=O) groups is 1. The van der Waals surface area contributed by atoms with E-state index in [1.165, 1.54) is 7.11 Å². The van der Waals surface area contributed by atoms with Crippen LogP contribution in [0, 0.1) is 5.92 Å². The minimum atomic E-state index is -0.0921. The lowest BCUT2D eigenvalue weighted by atomic mass is 10.0. The molecule has 0 heterocycles. The lowest BCUT2D eigenvalue weighted by Gasteiger charge is -2.17. The van der Waals surface area contributed by atoms with Crippen molar-refractivity contribution in [1.82, 2.24) is 4.90 Å². The van der Waals surface area contributed by atoms with Gasteiger partial charge in [-0.25, -0.2) is 0 Å². The highest BCUT2D eigenvalue weighted by molar-refractivity contribution is 5.72. The van der Waals surface area contributed by atoms with Crippen molar-refractivity contribution < 1.29 is 9.53 Å². The van der Waals surface area contributed by atoms with Crippen molar-refractivity contribution in [2.75, 3.05) is 27.7 Å². The van der Waals surface area contributed by atoms with E-state index in [2.05, 4.69) is 6.92 Å². The van der Waals surface area contributed by atoms with Gasteiger partial charge in [-0.3, -0.25) is 4.79 Å². The molecule has 0 aliphatic rings. The molecule has 72 valence electrons. The van der Waals surface area contributed by atoms with Crippen molar-refractivity contribution in [3.05, 3.63) is 0 Å². The maximum atomic E-state index is 11.2. The SMILES string of the molecule is CCCC(CN(C)C)C(=O)OC. The Balaban J connectivity index is 3.94. The fourth-order valence-electron chi connectivity index (χ4n) is 1.24. The van der Waals surface area contributed by atoms with E-state index in [9.17, 15) is 4.79 Å². The van der Waals surface area contributed by atoms with Gasteiger partial charge in [-0.15, -0.1) is 0 Å². The van der Waals surface area contributed by atoms with Crippen LogP contribution in [-0.2, 0) is 9.53 Å². The fraction of sp³-hybridized carbons (Fsp3) is 0.889. The van der Waals surface area contributed by atoms with Crippen molar-refractivity contribution >= 4 is 5.97 Å². The van der Waals surface area contributed by atoms with E-state index in [1.807, 2.05) is 19.0 Å². The van der Waals surface area contributed by atoms with E-state index < -0.39 is 0 Å². The van der Waals surface area contributed by atoms with Crippen LogP contribution in [0.3, 0.4) is 0 Å². The molecule has 0 amide bonds. The average Bonchev–Trinajstić information content (AvgIpc) is 2.01. The van der Waals surface area contributed by atoms with Gasteiger partial charge < -0.3 is 9.64 Å². The molecule has 1 atom stereocenters. The Hall–Kier alpha value is -0.570. The zero-order chi connectivity index (χ0) is 9.56. The third kappa shape index (κ3) is 4.34. The summed E-state index contributed by atoms with van der Waals surface area (Å²) in [6.07, 6.45) is 1.93. The van der Waals surface area contributed by atoms with Crippen molar-refractivity contribution in [2.24, 2.45) is 5.92 Å². The molecule has 0 aromatic rings. The molecule has 3 heteroatoms. The number of methoxy groups -OCH3 is 1. The van der Waals surface area contributed by atoms with Crippen LogP contribution >= 0.6 is 0 Å². The number of ether oxygens (including phenoxy) is 1. The normalized spacial score (nSPS) is 13.1. The largest absolute Gasteiger partial charge is 0.469 e. The molecule has 0 saturated heterocycles. The Labute approximate surface area is 74.7 Å². The van der Waals surface area contributed by atoms with E-state index in [4.69, 9.17) is 4.74 Å². The number of rotatable bonds is 5. The summed E-state index contributed by atoms with van der Waals surface area (Å²) < 4.78 is 4.70. The van der Waals surface area contributed by atoms with Gasteiger partial charge in [0.1, 0.15) is 0 Å². The number of nitrogens with zero attached hydrogens (tertiary/aromatic N) is 1. The van der Waals surface area contributed by atoms with Gasteiger partial charge in [0.25, 0.3) is 0 Å². The van der Waals surface area contributed by atoms with Crippen molar-refractivity contribution in [3.63, 3.8) is 0 Å². The maximum Gasteiger partial charge on any atom is 0.309 e. The van der Waals surface area contributed by atoms with Crippen LogP contribution in [0.25, 0.3) is 0 Å². The molecule has 0 aliphatic carbocycles. The predicted molar refractivity (Wildman–Crippen MR) is 49.0 cm³/mol. The summed E-state index contributed by atoms with van der Waals surface area (Å²) in [6, 6.07) is 0. The van der Waals surface area contributed by atoms with Crippen molar-refractivity contribution in [3.8, 4) is 0 Å². The molecular formula is C9H19NO2. The molecule has 1 unspecified atom stereocenters. The number of hydrogen-bond donors (Lipinski definition) is 0. The monoisotopic (exact) mass is 173 g/mol. The van der Waals surface area contributed by atoms with Crippen LogP contribution in [0.5, 0.6) is 0 Å². The molecule has 0 saturated carbocycles. The molecule has 0 fully saturated rings. The van der Waals surface area contributed by atoms with Crippen LogP contribution in [0.2, 0.25) is 0 Å². The molecule has 0 rings (SSSR count). The third-order valence-electron chi connectivity index (χ3n) is 1.76. The summed E-state index contributed by atoms with van der Waals surface area (Å²) in [5.41, 5.74) is 0. The minimum absolute atomic E-state index is 0.0370. The summed E-state index contributed by atoms with van der Waals surface area (Å²) in [5, 5.41) is 0. The second kappa shape index (κ2) is 6.00. The summed E-state index contributed by atoms with van der Waals surface area (Å²) in [7, 11) is 5.37. The summed E-state index contributed by atoms with van der Waals surface area (Å²) >= 11 is 0. The van der Waals surface area contributed by atoms with Crippen LogP contribution in [0.1, 0.15) is 19.8 Å². The Bertz CT molecular complexity index is 134. The van der Waals surface area contributed by atoms with Gasteiger partial charge in [-0.1, -0.05) is 13.3 Å². The lowest BCUT2D eigenvalue weighted by Crippen LogP contribution is -2.28. The Morgan fingerprint density at radius 2 is 2.08 bits per heavy atom. The standard InChI is InChI=1S/C9H19NO2/c1-5-6-8(7-10(2)3)9(11)12-4/h8H,5-7H2,1-4H3. The van der Waals surface area contributed by atoms with E-state index in [0.717, 1.165) is 19.4 Å². The van der Waals surface area contributed by atoms with Crippen LogP contribution in [0.15, 0.2) is 0 Å². The molecule has 0 aliphatic heterocycles. The minimum Gasteiger partial charge on any atom is -0.469 e. The van der Waals surface area contributed by atoms with Gasteiger partial charge in [-0.05, 0) is 20.5 Å². The van der Waals surface area contributed by atoms with Gasteiger partial charge in [0.2, 0.25) is 0 Å². The molecule has 0 aromatic carbocycles. The molecule has 0 bridgehead atoms. The zero-order valence-electron chi connectivity index (χ0n) is 8.46. The maximum absolute atomic E-state index is 11.2. The molecule has 3 nitrogen and oxygen atoms in total. The molecule has 0 spiro atoms. The highest BCUT2D eigenvalue weighted by Gasteiger charge is 2.18. The Morgan fingerprint density at radius 1 is 1.50 bits per heavy atom. The van der Waals surface area contributed by atoms with E-state index in [-0.39, 0.29) is 11.9 Å². The Morgan fingerprint density at radius 3 is 2.42 bits per heavy atom. The fourth-order valence-corrected chi connectivity index (χ4v) is 1.24. The first-order chi connectivity index (χ1) is 5.61. The van der Waals surface area contributed by atoms with E-state index in [0.29, 0.717) is 0 Å². The Kier molecular flexibility index (Phi) is 5.72. The van der Waals surface area contributed by atoms with Gasteiger partial charge in [0, 0.05) is 6.54 Å². The first-order valence-corrected chi connectivity index (χ1v) is 4.34.